The number of aliphatic hydroxyl groups excluding tert-OH is 1. The number of aliphatic hydroxyl groups is 1. The highest BCUT2D eigenvalue weighted by Crippen LogP contribution is 2.47. The SMILES string of the molecule is CC(C)NC(=O)[C@H](C)NP(=S)(N[C@@H](C)C(=O)OC(C)C)OC[C@@]1(C(F)F)O[C@@H](n2cc(F)c(N)nc2=O)[C@@H](F)[C@@H]1O. The smallest absolute Gasteiger partial charge is 0.351 e. The van der Waals surface area contributed by atoms with Crippen LogP contribution in [0.1, 0.15) is 47.8 Å². The average Bonchev–Trinajstić information content (AvgIpc) is 3.10. The summed E-state index contributed by atoms with van der Waals surface area (Å²) in [6.45, 7) is 4.18. The number of hydrogen-bond acceptors (Lipinski definition) is 10. The van der Waals surface area contributed by atoms with E-state index < -0.39 is 91.1 Å². The minimum Gasteiger partial charge on any atom is -0.462 e. The van der Waals surface area contributed by atoms with Gasteiger partial charge in [-0.3, -0.25) is 14.2 Å². The summed E-state index contributed by atoms with van der Waals surface area (Å²) in [7, 11) is 0. The molecule has 0 aromatic carbocycles. The highest BCUT2D eigenvalue weighted by molar-refractivity contribution is 8.10. The van der Waals surface area contributed by atoms with E-state index in [0.29, 0.717) is 6.20 Å². The molecule has 1 unspecified atom stereocenters. The maximum atomic E-state index is 15.2. The average molecular weight is 635 g/mol. The Morgan fingerprint density at radius 2 is 1.83 bits per heavy atom. The Morgan fingerprint density at radius 1 is 1.24 bits per heavy atom. The highest BCUT2D eigenvalue weighted by atomic mass is 32.4. The van der Waals surface area contributed by atoms with Crippen molar-refractivity contribution in [2.24, 2.45) is 0 Å². The number of carbonyl (C=O) groups excluding carboxylic acids is 2. The summed E-state index contributed by atoms with van der Waals surface area (Å²) in [5, 5.41) is 18.5. The van der Waals surface area contributed by atoms with Crippen molar-refractivity contribution in [3.05, 3.63) is 22.5 Å². The van der Waals surface area contributed by atoms with Crippen molar-refractivity contribution < 1.29 is 46.3 Å². The van der Waals surface area contributed by atoms with Gasteiger partial charge in [0.15, 0.2) is 36.2 Å². The Hall–Kier alpha value is -2.21. The van der Waals surface area contributed by atoms with Gasteiger partial charge in [0, 0.05) is 6.04 Å². The van der Waals surface area contributed by atoms with E-state index in [0.717, 1.165) is 0 Å². The van der Waals surface area contributed by atoms with Crippen LogP contribution in [0.5, 0.6) is 0 Å². The van der Waals surface area contributed by atoms with Gasteiger partial charge in [0.1, 0.15) is 12.1 Å². The number of nitrogens with two attached hydrogens (primary N) is 1. The van der Waals surface area contributed by atoms with Gasteiger partial charge in [-0.05, 0) is 53.3 Å². The molecule has 0 aliphatic carbocycles. The summed E-state index contributed by atoms with van der Waals surface area (Å²) >= 11 is 5.51. The Kier molecular flexibility index (Phi) is 11.8. The zero-order valence-electron chi connectivity index (χ0n) is 23.1. The summed E-state index contributed by atoms with van der Waals surface area (Å²) in [4.78, 5) is 40.3. The van der Waals surface area contributed by atoms with Crippen LogP contribution in [-0.4, -0.2) is 81.7 Å². The number of aromatic nitrogens is 2. The number of nitrogen functional groups attached to an aromatic ring is 1. The Balaban J connectivity index is 2.41. The van der Waals surface area contributed by atoms with Crippen LogP contribution in [0.25, 0.3) is 0 Å². The molecule has 19 heteroatoms. The van der Waals surface area contributed by atoms with Gasteiger partial charge < -0.3 is 30.2 Å². The number of anilines is 1. The molecular weight excluding hydrogens is 599 g/mol. The number of ether oxygens (including phenoxy) is 2. The number of halogens is 4. The normalized spacial score (nSPS) is 25.8. The van der Waals surface area contributed by atoms with Gasteiger partial charge in [-0.15, -0.1) is 0 Å². The van der Waals surface area contributed by atoms with E-state index in [9.17, 15) is 32.7 Å². The van der Waals surface area contributed by atoms with Crippen molar-refractivity contribution in [1.29, 1.82) is 0 Å². The quantitative estimate of drug-likeness (QED) is 0.118. The van der Waals surface area contributed by atoms with Crippen molar-refractivity contribution in [3.63, 3.8) is 0 Å². The Morgan fingerprint density at radius 3 is 2.37 bits per heavy atom. The van der Waals surface area contributed by atoms with Crippen LogP contribution in [0.3, 0.4) is 0 Å². The predicted octanol–water partition coefficient (Wildman–Crippen LogP) is 0.870. The summed E-state index contributed by atoms with van der Waals surface area (Å²) in [6.07, 6.45) is -11.3. The van der Waals surface area contributed by atoms with Crippen molar-refractivity contribution in [1.82, 2.24) is 25.0 Å². The molecule has 1 saturated heterocycles. The van der Waals surface area contributed by atoms with Crippen molar-refractivity contribution in [2.75, 3.05) is 12.3 Å². The van der Waals surface area contributed by atoms with E-state index in [1.165, 1.54) is 13.8 Å². The van der Waals surface area contributed by atoms with Crippen molar-refractivity contribution >= 4 is 36.1 Å². The molecule has 0 radical (unpaired) electrons. The molecule has 0 spiro atoms. The van der Waals surface area contributed by atoms with Crippen LogP contribution >= 0.6 is 6.57 Å². The van der Waals surface area contributed by atoms with E-state index in [4.69, 9.17) is 31.5 Å². The van der Waals surface area contributed by atoms with Crippen LogP contribution in [0.15, 0.2) is 11.0 Å². The first-order chi connectivity index (χ1) is 18.8. The second-order valence-electron chi connectivity index (χ2n) is 9.99. The lowest BCUT2D eigenvalue weighted by Gasteiger charge is -2.35. The number of alkyl halides is 3. The summed E-state index contributed by atoms with van der Waals surface area (Å²) in [5.74, 6) is -3.40. The first kappa shape index (κ1) is 35.0. The van der Waals surface area contributed by atoms with Gasteiger partial charge in [0.25, 0.3) is 6.43 Å². The minimum absolute atomic E-state index is 0.235. The van der Waals surface area contributed by atoms with Crippen LogP contribution < -0.4 is 26.9 Å². The van der Waals surface area contributed by atoms with Gasteiger partial charge in [0.2, 0.25) is 5.91 Å². The third-order valence-electron chi connectivity index (χ3n) is 5.72. The molecule has 1 aromatic heterocycles. The fraction of sp³-hybridized carbons (Fsp3) is 0.727. The number of hydrogen-bond donors (Lipinski definition) is 5. The fourth-order valence-electron chi connectivity index (χ4n) is 3.67. The van der Waals surface area contributed by atoms with Crippen molar-refractivity contribution in [3.8, 4) is 0 Å². The second kappa shape index (κ2) is 13.8. The third-order valence-corrected chi connectivity index (χ3v) is 8.62. The fourth-order valence-corrected chi connectivity index (χ4v) is 6.62. The lowest BCUT2D eigenvalue weighted by molar-refractivity contribution is -0.191. The predicted molar refractivity (Wildman–Crippen MR) is 143 cm³/mol. The Bertz CT molecular complexity index is 1180. The molecule has 2 heterocycles. The topological polar surface area (TPSA) is 179 Å². The molecule has 1 fully saturated rings. The summed E-state index contributed by atoms with van der Waals surface area (Å²) in [5.41, 5.74) is 0.762. The summed E-state index contributed by atoms with van der Waals surface area (Å²) < 4.78 is 74.2. The largest absolute Gasteiger partial charge is 0.462 e. The molecule has 13 nitrogen and oxygen atoms in total. The van der Waals surface area contributed by atoms with E-state index in [1.54, 1.807) is 27.7 Å². The number of rotatable bonds is 13. The molecule has 41 heavy (non-hydrogen) atoms. The van der Waals surface area contributed by atoms with E-state index in [-0.39, 0.29) is 10.6 Å². The number of esters is 1. The maximum absolute atomic E-state index is 15.2. The van der Waals surface area contributed by atoms with Crippen LogP contribution in [0, 0.1) is 5.82 Å². The molecule has 0 saturated carbocycles. The molecule has 1 aromatic rings. The minimum atomic E-state index is -3.86. The molecular formula is C22H35F4N6O7PS. The van der Waals surface area contributed by atoms with E-state index in [1.807, 2.05) is 0 Å². The molecule has 2 rings (SSSR count). The molecule has 1 amide bonds. The standard InChI is InChI=1S/C22H35F4N6O7PS/c1-9(2)28-17(34)11(5)30-40(41,31-12(6)19(35)38-10(3)4)37-8-22(20(25)26)15(33)14(24)18(39-22)32-7-13(23)16(27)29-21(32)36/h7,9-12,14-15,18,20,33H,8H2,1-6H3,(H,28,34)(H2,27,29,36)(H2,30,31,41)/t11-,12-,14-,15-,18+,22+,40?/m0/s1. The zero-order valence-corrected chi connectivity index (χ0v) is 24.8. The molecule has 1 aliphatic rings. The molecule has 7 atom stereocenters. The number of nitrogens with zero attached hydrogens (tertiary/aromatic N) is 2. The van der Waals surface area contributed by atoms with Gasteiger partial charge in [-0.25, -0.2) is 32.5 Å². The first-order valence-electron chi connectivity index (χ1n) is 12.5. The maximum Gasteiger partial charge on any atom is 0.351 e. The van der Waals surface area contributed by atoms with Gasteiger partial charge in [0.05, 0.1) is 24.9 Å². The van der Waals surface area contributed by atoms with Gasteiger partial charge in [-0.1, -0.05) is 0 Å². The first-order valence-corrected chi connectivity index (χ1v) is 15.2. The number of carbonyl (C=O) groups is 2. The van der Waals surface area contributed by atoms with E-state index >= 15 is 4.39 Å². The number of nitrogens with one attached hydrogen (secondary N) is 3. The monoisotopic (exact) mass is 634 g/mol. The number of amides is 1. The van der Waals surface area contributed by atoms with Crippen molar-refractivity contribution in [2.45, 2.75) is 96.3 Å². The summed E-state index contributed by atoms with van der Waals surface area (Å²) in [6, 6.07) is -2.51. The van der Waals surface area contributed by atoms with Gasteiger partial charge in [-0.2, -0.15) is 4.98 Å². The van der Waals surface area contributed by atoms with Crippen LogP contribution in [0.4, 0.5) is 23.4 Å². The molecule has 0 bridgehead atoms. The lowest BCUT2D eigenvalue weighted by atomic mass is 9.97. The third kappa shape index (κ3) is 8.43. The molecule has 1 aliphatic heterocycles. The highest BCUT2D eigenvalue weighted by Gasteiger charge is 2.62. The lowest BCUT2D eigenvalue weighted by Crippen LogP contribution is -2.53. The second-order valence-corrected chi connectivity index (χ2v) is 13.4. The van der Waals surface area contributed by atoms with Crippen LogP contribution in [0.2, 0.25) is 0 Å². The van der Waals surface area contributed by atoms with Crippen LogP contribution in [-0.2, 0) is 35.4 Å². The van der Waals surface area contributed by atoms with Gasteiger partial charge >= 0.3 is 11.7 Å². The molecule has 234 valence electrons. The van der Waals surface area contributed by atoms with E-state index in [2.05, 4.69) is 20.5 Å². The molecule has 6 N–H and O–H groups in total. The zero-order chi connectivity index (χ0) is 31.4. The Labute approximate surface area is 238 Å².